The van der Waals surface area contributed by atoms with Crippen LogP contribution in [-0.2, 0) is 22.9 Å². The molecule has 31 heavy (non-hydrogen) atoms. The minimum atomic E-state index is -3.77. The number of benzene rings is 2. The molecule has 0 saturated heterocycles. The minimum absolute atomic E-state index is 0.0702. The molecule has 2 aromatic carbocycles. The molecule has 162 valence electrons. The molecule has 0 aliphatic heterocycles. The standard InChI is InChI=1S/C22H23N3O4S2/c1-29-17-11-9-16(10-12-17)25-31(27,28)18-13-7-15(8-14-18)21(26)24-22-23-19-5-3-2-4-6-20(19)30-22/h7-14,25H,2-6H2,1H3,(H,23,24,26). The van der Waals surface area contributed by atoms with Gasteiger partial charge in [0.2, 0.25) is 0 Å². The van der Waals surface area contributed by atoms with E-state index in [1.165, 1.54) is 46.9 Å². The van der Waals surface area contributed by atoms with Crippen LogP contribution in [0.2, 0.25) is 0 Å². The molecule has 1 aliphatic carbocycles. The minimum Gasteiger partial charge on any atom is -0.497 e. The molecule has 9 heteroatoms. The van der Waals surface area contributed by atoms with Crippen molar-refractivity contribution in [2.75, 3.05) is 17.1 Å². The van der Waals surface area contributed by atoms with Crippen LogP contribution in [0.15, 0.2) is 53.4 Å². The first-order chi connectivity index (χ1) is 14.9. The van der Waals surface area contributed by atoms with E-state index in [9.17, 15) is 13.2 Å². The lowest BCUT2D eigenvalue weighted by Gasteiger charge is -2.09. The van der Waals surface area contributed by atoms with Crippen LogP contribution in [0.5, 0.6) is 5.75 Å². The second kappa shape index (κ2) is 9.07. The fraction of sp³-hybridized carbons (Fsp3) is 0.273. The van der Waals surface area contributed by atoms with Gasteiger partial charge in [-0.1, -0.05) is 6.42 Å². The number of sulfonamides is 1. The van der Waals surface area contributed by atoms with E-state index in [2.05, 4.69) is 15.0 Å². The van der Waals surface area contributed by atoms with Crippen LogP contribution < -0.4 is 14.8 Å². The van der Waals surface area contributed by atoms with E-state index < -0.39 is 10.0 Å². The van der Waals surface area contributed by atoms with Crippen molar-refractivity contribution in [1.82, 2.24) is 4.98 Å². The van der Waals surface area contributed by atoms with Crippen molar-refractivity contribution in [2.24, 2.45) is 0 Å². The van der Waals surface area contributed by atoms with Gasteiger partial charge in [0.15, 0.2) is 5.13 Å². The van der Waals surface area contributed by atoms with E-state index in [1.807, 2.05) is 0 Å². The fourth-order valence-electron chi connectivity index (χ4n) is 3.41. The molecular weight excluding hydrogens is 434 g/mol. The Balaban J connectivity index is 1.43. The lowest BCUT2D eigenvalue weighted by atomic mass is 10.2. The van der Waals surface area contributed by atoms with Gasteiger partial charge < -0.3 is 4.74 Å². The molecule has 7 nitrogen and oxygen atoms in total. The second-order valence-electron chi connectivity index (χ2n) is 7.26. The van der Waals surface area contributed by atoms with Gasteiger partial charge in [-0.3, -0.25) is 14.8 Å². The summed E-state index contributed by atoms with van der Waals surface area (Å²) in [4.78, 5) is 18.5. The zero-order valence-electron chi connectivity index (χ0n) is 17.1. The van der Waals surface area contributed by atoms with Gasteiger partial charge in [0, 0.05) is 16.1 Å². The number of anilines is 2. The summed E-state index contributed by atoms with van der Waals surface area (Å²) >= 11 is 1.53. The molecule has 0 spiro atoms. The highest BCUT2D eigenvalue weighted by atomic mass is 32.2. The molecule has 1 heterocycles. The fourth-order valence-corrected chi connectivity index (χ4v) is 5.51. The van der Waals surface area contributed by atoms with Crippen LogP contribution in [0.4, 0.5) is 10.8 Å². The number of carbonyl (C=O) groups is 1. The predicted molar refractivity (Wildman–Crippen MR) is 122 cm³/mol. The highest BCUT2D eigenvalue weighted by molar-refractivity contribution is 7.92. The first kappa shape index (κ1) is 21.3. The maximum Gasteiger partial charge on any atom is 0.261 e. The average Bonchev–Trinajstić information content (AvgIpc) is 3.01. The van der Waals surface area contributed by atoms with Crippen molar-refractivity contribution in [1.29, 1.82) is 0 Å². The van der Waals surface area contributed by atoms with Crippen molar-refractivity contribution in [3.8, 4) is 5.75 Å². The summed E-state index contributed by atoms with van der Waals surface area (Å²) in [5.74, 6) is 0.325. The van der Waals surface area contributed by atoms with E-state index in [1.54, 1.807) is 31.4 Å². The lowest BCUT2D eigenvalue weighted by molar-refractivity contribution is 0.102. The molecule has 1 amide bonds. The summed E-state index contributed by atoms with van der Waals surface area (Å²) in [5.41, 5.74) is 1.88. The number of ether oxygens (including phenoxy) is 1. The summed E-state index contributed by atoms with van der Waals surface area (Å²) in [6, 6.07) is 12.4. The van der Waals surface area contributed by atoms with Crippen LogP contribution >= 0.6 is 11.3 Å². The van der Waals surface area contributed by atoms with Gasteiger partial charge in [-0.25, -0.2) is 13.4 Å². The van der Waals surface area contributed by atoms with Gasteiger partial charge in [0.05, 0.1) is 17.7 Å². The smallest absolute Gasteiger partial charge is 0.261 e. The van der Waals surface area contributed by atoms with Crippen molar-refractivity contribution < 1.29 is 17.9 Å². The van der Waals surface area contributed by atoms with E-state index in [0.29, 0.717) is 22.1 Å². The number of hydrogen-bond acceptors (Lipinski definition) is 6. The van der Waals surface area contributed by atoms with Crippen molar-refractivity contribution in [2.45, 2.75) is 37.0 Å². The Bertz CT molecular complexity index is 1150. The van der Waals surface area contributed by atoms with Gasteiger partial charge in [-0.15, -0.1) is 11.3 Å². The Morgan fingerprint density at radius 3 is 2.42 bits per heavy atom. The number of nitrogens with zero attached hydrogens (tertiary/aromatic N) is 1. The van der Waals surface area contributed by atoms with Crippen LogP contribution in [-0.4, -0.2) is 26.4 Å². The number of thiazole rings is 1. The zero-order chi connectivity index (χ0) is 21.8. The maximum atomic E-state index is 12.6. The molecule has 0 radical (unpaired) electrons. The van der Waals surface area contributed by atoms with Gasteiger partial charge in [-0.05, 0) is 74.2 Å². The predicted octanol–water partition coefficient (Wildman–Crippen LogP) is 4.47. The molecule has 0 unspecified atom stereocenters. The summed E-state index contributed by atoms with van der Waals surface area (Å²) in [5, 5.41) is 3.43. The summed E-state index contributed by atoms with van der Waals surface area (Å²) in [6.07, 6.45) is 5.47. The molecule has 2 N–H and O–H groups in total. The van der Waals surface area contributed by atoms with Crippen LogP contribution in [0.25, 0.3) is 0 Å². The Morgan fingerprint density at radius 1 is 1.00 bits per heavy atom. The van der Waals surface area contributed by atoms with Gasteiger partial charge in [0.1, 0.15) is 5.75 Å². The molecule has 0 fully saturated rings. The Kier molecular flexibility index (Phi) is 6.24. The monoisotopic (exact) mass is 457 g/mol. The molecule has 0 atom stereocenters. The van der Waals surface area contributed by atoms with E-state index in [0.717, 1.165) is 31.4 Å². The normalized spacial score (nSPS) is 13.7. The Labute approximate surface area is 185 Å². The van der Waals surface area contributed by atoms with Gasteiger partial charge >= 0.3 is 0 Å². The summed E-state index contributed by atoms with van der Waals surface area (Å²) in [7, 11) is -2.23. The van der Waals surface area contributed by atoms with E-state index in [-0.39, 0.29) is 10.8 Å². The largest absolute Gasteiger partial charge is 0.497 e. The maximum absolute atomic E-state index is 12.6. The first-order valence-corrected chi connectivity index (χ1v) is 12.3. The molecule has 0 saturated carbocycles. The molecule has 4 rings (SSSR count). The number of rotatable bonds is 6. The third-order valence-corrected chi connectivity index (χ3v) is 7.56. The van der Waals surface area contributed by atoms with Gasteiger partial charge in [-0.2, -0.15) is 0 Å². The highest BCUT2D eigenvalue weighted by Gasteiger charge is 2.18. The Hall–Kier alpha value is -2.91. The van der Waals surface area contributed by atoms with Crippen molar-refractivity contribution >= 4 is 38.1 Å². The zero-order valence-corrected chi connectivity index (χ0v) is 18.7. The highest BCUT2D eigenvalue weighted by Crippen LogP contribution is 2.29. The number of carbonyl (C=O) groups excluding carboxylic acids is 1. The summed E-state index contributed by atoms with van der Waals surface area (Å²) in [6.45, 7) is 0. The average molecular weight is 458 g/mol. The number of aryl methyl sites for hydroxylation is 2. The number of methoxy groups -OCH3 is 1. The van der Waals surface area contributed by atoms with Crippen molar-refractivity contribution in [3.05, 3.63) is 64.7 Å². The van der Waals surface area contributed by atoms with Crippen LogP contribution in [0.1, 0.15) is 40.2 Å². The number of aromatic nitrogens is 1. The lowest BCUT2D eigenvalue weighted by Crippen LogP contribution is -2.14. The second-order valence-corrected chi connectivity index (χ2v) is 10.0. The topological polar surface area (TPSA) is 97.4 Å². The quantitative estimate of drug-likeness (QED) is 0.532. The molecular formula is C22H23N3O4S2. The molecule has 3 aromatic rings. The van der Waals surface area contributed by atoms with E-state index in [4.69, 9.17) is 4.74 Å². The first-order valence-electron chi connectivity index (χ1n) is 10.0. The SMILES string of the molecule is COc1ccc(NS(=O)(=O)c2ccc(C(=O)Nc3nc4c(s3)CCCCC4)cc2)cc1. The van der Waals surface area contributed by atoms with Crippen molar-refractivity contribution in [3.63, 3.8) is 0 Å². The summed E-state index contributed by atoms with van der Waals surface area (Å²) < 4.78 is 32.8. The molecule has 0 bridgehead atoms. The number of fused-ring (bicyclic) bond motifs is 1. The molecule has 1 aliphatic rings. The third-order valence-electron chi connectivity index (χ3n) is 5.09. The van der Waals surface area contributed by atoms with Gasteiger partial charge in [0.25, 0.3) is 15.9 Å². The number of hydrogen-bond donors (Lipinski definition) is 2. The van der Waals surface area contributed by atoms with Crippen LogP contribution in [0, 0.1) is 0 Å². The van der Waals surface area contributed by atoms with E-state index >= 15 is 0 Å². The number of nitrogens with one attached hydrogen (secondary N) is 2. The third kappa shape index (κ3) is 5.05. The molecule has 1 aromatic heterocycles. The van der Waals surface area contributed by atoms with Crippen LogP contribution in [0.3, 0.4) is 0 Å². The Morgan fingerprint density at radius 2 is 1.71 bits per heavy atom. The number of amides is 1.